The van der Waals surface area contributed by atoms with Crippen molar-refractivity contribution in [2.75, 3.05) is 4.90 Å². The van der Waals surface area contributed by atoms with Gasteiger partial charge in [0.2, 0.25) is 11.8 Å². The number of hydrogen-bond donors (Lipinski definition) is 1. The van der Waals surface area contributed by atoms with E-state index in [2.05, 4.69) is 17.1 Å². The van der Waals surface area contributed by atoms with Crippen LogP contribution in [-0.2, 0) is 9.59 Å². The maximum atomic E-state index is 13.6. The van der Waals surface area contributed by atoms with Gasteiger partial charge in [-0.05, 0) is 73.0 Å². The molecule has 3 aromatic carbocycles. The lowest BCUT2D eigenvalue weighted by molar-refractivity contribution is -0.133. The van der Waals surface area contributed by atoms with Crippen molar-refractivity contribution in [3.8, 4) is 21.9 Å². The summed E-state index contributed by atoms with van der Waals surface area (Å²) < 4.78 is 20.7. The number of nitrogens with two attached hydrogens (primary N) is 1. The Morgan fingerprint density at radius 1 is 0.921 bits per heavy atom. The average molecular weight is 524 g/mol. The summed E-state index contributed by atoms with van der Waals surface area (Å²) in [7, 11) is 0. The van der Waals surface area contributed by atoms with Gasteiger partial charge >= 0.3 is 0 Å². The van der Waals surface area contributed by atoms with Crippen molar-refractivity contribution < 1.29 is 18.7 Å². The van der Waals surface area contributed by atoms with E-state index in [0.29, 0.717) is 35.7 Å². The van der Waals surface area contributed by atoms with E-state index in [4.69, 9.17) is 10.5 Å². The molecule has 0 atom stereocenters. The average Bonchev–Trinajstić information content (AvgIpc) is 3.64. The number of pyridine rings is 1. The Balaban J connectivity index is 1.31. The molecule has 5 aromatic rings. The van der Waals surface area contributed by atoms with Gasteiger partial charge in [-0.2, -0.15) is 0 Å². The first-order chi connectivity index (χ1) is 18.4. The van der Waals surface area contributed by atoms with E-state index in [1.807, 2.05) is 30.3 Å². The van der Waals surface area contributed by atoms with E-state index in [-0.39, 0.29) is 0 Å². The van der Waals surface area contributed by atoms with Crippen LogP contribution in [0.2, 0.25) is 0 Å². The second kappa shape index (κ2) is 9.39. The highest BCUT2D eigenvalue weighted by Crippen LogP contribution is 2.49. The number of anilines is 2. The van der Waals surface area contributed by atoms with Crippen LogP contribution in [0, 0.1) is 11.2 Å². The SMILES string of the molecule is NC(=O)C1(C(=O)N(c2ccc(F)cc2)c2ccc(Oc3ccnc4cc(-c5ccccc5)sc34)cc2)CC1. The van der Waals surface area contributed by atoms with E-state index in [1.54, 1.807) is 41.8 Å². The van der Waals surface area contributed by atoms with E-state index >= 15 is 0 Å². The van der Waals surface area contributed by atoms with E-state index in [1.165, 1.54) is 29.2 Å². The third kappa shape index (κ3) is 4.29. The smallest absolute Gasteiger partial charge is 0.247 e. The molecule has 6 rings (SSSR count). The molecule has 38 heavy (non-hydrogen) atoms. The number of rotatable bonds is 7. The normalized spacial score (nSPS) is 13.7. The zero-order chi connectivity index (χ0) is 26.3. The molecule has 2 heterocycles. The maximum absolute atomic E-state index is 13.6. The molecule has 1 aliphatic carbocycles. The Morgan fingerprint density at radius 3 is 2.21 bits per heavy atom. The molecule has 0 radical (unpaired) electrons. The van der Waals surface area contributed by atoms with Gasteiger partial charge in [0.25, 0.3) is 0 Å². The number of aromatic nitrogens is 1. The van der Waals surface area contributed by atoms with Crippen molar-refractivity contribution in [1.82, 2.24) is 4.98 Å². The van der Waals surface area contributed by atoms with Gasteiger partial charge in [-0.25, -0.2) is 4.39 Å². The number of hydrogen-bond acceptors (Lipinski definition) is 5. The van der Waals surface area contributed by atoms with Crippen molar-refractivity contribution in [2.24, 2.45) is 11.1 Å². The minimum Gasteiger partial charge on any atom is -0.456 e. The largest absolute Gasteiger partial charge is 0.456 e. The number of carbonyl (C=O) groups is 2. The third-order valence-electron chi connectivity index (χ3n) is 6.68. The standard InChI is InChI=1S/C30H22FN3O3S/c31-20-6-8-21(9-7-20)34(29(36)30(15-16-30)28(32)35)22-10-12-23(13-11-22)37-25-14-17-33-24-18-26(38-27(24)25)19-4-2-1-3-5-19/h1-14,17-18H,15-16H2,(H2,32,35). The van der Waals surface area contributed by atoms with Crippen molar-refractivity contribution in [3.63, 3.8) is 0 Å². The van der Waals surface area contributed by atoms with Gasteiger partial charge in [-0.15, -0.1) is 11.3 Å². The van der Waals surface area contributed by atoms with Crippen molar-refractivity contribution in [2.45, 2.75) is 12.8 Å². The number of ether oxygens (including phenoxy) is 1. The second-order valence-corrected chi connectivity index (χ2v) is 10.2. The molecule has 1 fully saturated rings. The molecule has 0 bridgehead atoms. The number of benzene rings is 3. The number of nitrogens with zero attached hydrogens (tertiary/aromatic N) is 2. The predicted octanol–water partition coefficient (Wildman–Crippen LogP) is 6.82. The summed E-state index contributed by atoms with van der Waals surface area (Å²) in [4.78, 5) is 32.6. The Hall–Kier alpha value is -4.56. The number of carbonyl (C=O) groups excluding carboxylic acids is 2. The molecule has 8 heteroatoms. The molecular weight excluding hydrogens is 501 g/mol. The molecule has 2 aromatic heterocycles. The van der Waals surface area contributed by atoms with Crippen LogP contribution in [0.5, 0.6) is 11.5 Å². The van der Waals surface area contributed by atoms with E-state index in [9.17, 15) is 14.0 Å². The summed E-state index contributed by atoms with van der Waals surface area (Å²) in [6.45, 7) is 0. The highest BCUT2D eigenvalue weighted by Gasteiger charge is 2.57. The summed E-state index contributed by atoms with van der Waals surface area (Å²) in [5.74, 6) is -0.255. The molecule has 1 saturated carbocycles. The van der Waals surface area contributed by atoms with E-state index in [0.717, 1.165) is 20.7 Å². The number of halogens is 1. The molecule has 6 nitrogen and oxygen atoms in total. The summed E-state index contributed by atoms with van der Waals surface area (Å²) in [5.41, 5.74) is 7.26. The van der Waals surface area contributed by atoms with Crippen LogP contribution in [-0.4, -0.2) is 16.8 Å². The van der Waals surface area contributed by atoms with E-state index < -0.39 is 23.0 Å². The lowest BCUT2D eigenvalue weighted by Gasteiger charge is -2.26. The zero-order valence-electron chi connectivity index (χ0n) is 20.1. The van der Waals surface area contributed by atoms with Crippen LogP contribution >= 0.6 is 11.3 Å². The lowest BCUT2D eigenvalue weighted by Crippen LogP contribution is -2.41. The van der Waals surface area contributed by atoms with Crippen LogP contribution in [0.3, 0.4) is 0 Å². The molecule has 1 aliphatic rings. The summed E-state index contributed by atoms with van der Waals surface area (Å²) >= 11 is 1.60. The first-order valence-corrected chi connectivity index (χ1v) is 12.9. The Kier molecular flexibility index (Phi) is 5.88. The first-order valence-electron chi connectivity index (χ1n) is 12.1. The molecule has 188 valence electrons. The topological polar surface area (TPSA) is 85.5 Å². The predicted molar refractivity (Wildman–Crippen MR) is 146 cm³/mol. The van der Waals surface area contributed by atoms with Gasteiger partial charge in [0.15, 0.2) is 0 Å². The molecule has 0 aliphatic heterocycles. The molecule has 0 spiro atoms. The number of thiophene rings is 1. The Morgan fingerprint density at radius 2 is 1.58 bits per heavy atom. The van der Waals surface area contributed by atoms with Gasteiger partial charge in [0.05, 0.1) is 10.2 Å². The van der Waals surface area contributed by atoms with Gasteiger partial charge in [0.1, 0.15) is 22.7 Å². The van der Waals surface area contributed by atoms with Crippen LogP contribution < -0.4 is 15.4 Å². The fraction of sp³-hybridized carbons (Fsp3) is 0.100. The Bertz CT molecular complexity index is 1650. The van der Waals surface area contributed by atoms with Gasteiger partial charge in [0, 0.05) is 28.5 Å². The highest BCUT2D eigenvalue weighted by atomic mass is 32.1. The fourth-order valence-corrected chi connectivity index (χ4v) is 5.48. The van der Waals surface area contributed by atoms with Gasteiger partial charge < -0.3 is 10.5 Å². The molecule has 2 N–H and O–H groups in total. The Labute approximate surface area is 222 Å². The van der Waals surface area contributed by atoms with Gasteiger partial charge in [-0.1, -0.05) is 30.3 Å². The van der Waals surface area contributed by atoms with Crippen LogP contribution in [0.15, 0.2) is 97.2 Å². The number of fused-ring (bicyclic) bond motifs is 1. The van der Waals surface area contributed by atoms with Crippen LogP contribution in [0.25, 0.3) is 20.7 Å². The monoisotopic (exact) mass is 523 g/mol. The van der Waals surface area contributed by atoms with Gasteiger partial charge in [-0.3, -0.25) is 19.5 Å². The minimum atomic E-state index is -1.23. The lowest BCUT2D eigenvalue weighted by atomic mass is 10.0. The van der Waals surface area contributed by atoms with Crippen LogP contribution in [0.4, 0.5) is 15.8 Å². The summed E-state index contributed by atoms with van der Waals surface area (Å²) in [6.07, 6.45) is 2.50. The number of amides is 2. The fourth-order valence-electron chi connectivity index (χ4n) is 4.41. The summed E-state index contributed by atoms with van der Waals surface area (Å²) in [6, 6.07) is 26.5. The first kappa shape index (κ1) is 23.8. The zero-order valence-corrected chi connectivity index (χ0v) is 21.0. The molecular formula is C30H22FN3O3S. The molecule has 0 unspecified atom stereocenters. The summed E-state index contributed by atoms with van der Waals surface area (Å²) in [5, 5.41) is 0. The van der Waals surface area contributed by atoms with Crippen molar-refractivity contribution in [1.29, 1.82) is 0 Å². The van der Waals surface area contributed by atoms with Crippen LogP contribution in [0.1, 0.15) is 12.8 Å². The van der Waals surface area contributed by atoms with Crippen molar-refractivity contribution >= 4 is 44.7 Å². The highest BCUT2D eigenvalue weighted by molar-refractivity contribution is 7.22. The molecule has 2 amide bonds. The maximum Gasteiger partial charge on any atom is 0.247 e. The quantitative estimate of drug-likeness (QED) is 0.237. The number of primary amides is 1. The third-order valence-corrected chi connectivity index (χ3v) is 7.86. The molecule has 0 saturated heterocycles. The second-order valence-electron chi connectivity index (χ2n) is 9.16. The van der Waals surface area contributed by atoms with Crippen molar-refractivity contribution in [3.05, 3.63) is 103 Å². The minimum absolute atomic E-state index is 0.393.